The number of aliphatic imine (C=N–C) groups is 1. The molecule has 3 rings (SSSR count). The summed E-state index contributed by atoms with van der Waals surface area (Å²) in [6, 6.07) is 3.97. The number of hydrogen-bond acceptors (Lipinski definition) is 6. The van der Waals surface area contributed by atoms with Crippen LogP contribution in [0.25, 0.3) is 0 Å². The minimum absolute atomic E-state index is 0.0739. The van der Waals surface area contributed by atoms with E-state index in [9.17, 15) is 22.8 Å². The molecular weight excluding hydrogens is 525 g/mol. The highest BCUT2D eigenvalue weighted by atomic mass is 79.9. The Morgan fingerprint density at radius 2 is 1.61 bits per heavy atom. The van der Waals surface area contributed by atoms with Crippen LogP contribution in [-0.2, 0) is 15.0 Å². The smallest absolute Gasteiger partial charge is 0.426 e. The molecule has 182 valence electrons. The number of rotatable bonds is 1. The van der Waals surface area contributed by atoms with Crippen molar-refractivity contribution in [3.63, 3.8) is 0 Å². The lowest BCUT2D eigenvalue weighted by atomic mass is 9.87. The van der Waals surface area contributed by atoms with E-state index in [0.717, 1.165) is 6.07 Å². The molecule has 0 aromatic heterocycles. The van der Waals surface area contributed by atoms with Gasteiger partial charge in [0.1, 0.15) is 17.0 Å². The summed E-state index contributed by atoms with van der Waals surface area (Å²) in [7, 11) is 0. The number of carbonyl (C=O) groups is 2. The van der Waals surface area contributed by atoms with Crippen molar-refractivity contribution >= 4 is 45.0 Å². The third-order valence-electron chi connectivity index (χ3n) is 4.97. The summed E-state index contributed by atoms with van der Waals surface area (Å²) in [6.45, 7) is 11.0. The van der Waals surface area contributed by atoms with E-state index in [0.29, 0.717) is 21.1 Å². The number of amidine groups is 1. The van der Waals surface area contributed by atoms with E-state index < -0.39 is 51.8 Å². The van der Waals surface area contributed by atoms with Crippen LogP contribution in [0, 0.1) is 11.7 Å². The minimum Gasteiger partial charge on any atom is -0.443 e. The number of hydrogen-bond donors (Lipinski definition) is 0. The van der Waals surface area contributed by atoms with Crippen LogP contribution in [0.5, 0.6) is 0 Å². The number of benzene rings is 1. The monoisotopic (exact) mass is 550 g/mol. The third-order valence-corrected chi connectivity index (χ3v) is 6.79. The topological polar surface area (TPSA) is 68.2 Å². The average molecular weight is 551 g/mol. The maximum atomic E-state index is 14.8. The van der Waals surface area contributed by atoms with Crippen molar-refractivity contribution in [3.05, 3.63) is 34.1 Å². The van der Waals surface area contributed by atoms with Gasteiger partial charge in [-0.15, -0.1) is 0 Å². The molecule has 1 saturated carbocycles. The van der Waals surface area contributed by atoms with Crippen LogP contribution in [0.4, 0.5) is 22.8 Å². The van der Waals surface area contributed by atoms with Gasteiger partial charge in [0, 0.05) is 10.0 Å². The van der Waals surface area contributed by atoms with Crippen LogP contribution >= 0.6 is 27.7 Å². The lowest BCUT2D eigenvalue weighted by molar-refractivity contribution is 0.0151. The van der Waals surface area contributed by atoms with Gasteiger partial charge in [0.2, 0.25) is 0 Å². The molecule has 1 aromatic rings. The van der Waals surface area contributed by atoms with Gasteiger partial charge in [-0.25, -0.2) is 27.8 Å². The summed E-state index contributed by atoms with van der Waals surface area (Å²) < 4.78 is 55.6. The molecule has 1 aromatic carbocycles. The first kappa shape index (κ1) is 25.9. The van der Waals surface area contributed by atoms with E-state index in [1.54, 1.807) is 41.5 Å². The quantitative estimate of drug-likeness (QED) is 0.388. The first-order valence-corrected chi connectivity index (χ1v) is 11.9. The normalized spacial score (nSPS) is 26.1. The molecule has 0 radical (unpaired) electrons. The van der Waals surface area contributed by atoms with Crippen LogP contribution < -0.4 is 0 Å². The van der Waals surface area contributed by atoms with E-state index in [1.165, 1.54) is 19.1 Å². The van der Waals surface area contributed by atoms with E-state index in [-0.39, 0.29) is 10.7 Å². The molecule has 2 aliphatic rings. The number of nitrogens with zero attached hydrogens (tertiary/aromatic N) is 2. The molecule has 0 bridgehead atoms. The Morgan fingerprint density at radius 1 is 1.09 bits per heavy atom. The number of thioether (sulfide) groups is 1. The van der Waals surface area contributed by atoms with E-state index in [4.69, 9.17) is 9.47 Å². The number of ether oxygens (including phenoxy) is 2. The molecule has 2 amide bonds. The molecule has 6 nitrogen and oxygen atoms in total. The van der Waals surface area contributed by atoms with Gasteiger partial charge < -0.3 is 9.47 Å². The Labute approximate surface area is 203 Å². The summed E-state index contributed by atoms with van der Waals surface area (Å²) in [5.74, 6) is -5.23. The van der Waals surface area contributed by atoms with Gasteiger partial charge in [-0.2, -0.15) is 4.90 Å². The molecule has 1 aliphatic heterocycles. The van der Waals surface area contributed by atoms with Gasteiger partial charge >= 0.3 is 12.2 Å². The number of fused-ring (bicyclic) bond motifs is 1. The average Bonchev–Trinajstić information content (AvgIpc) is 3.16. The summed E-state index contributed by atoms with van der Waals surface area (Å²) in [6.07, 6.45) is -2.25. The summed E-state index contributed by atoms with van der Waals surface area (Å²) in [5, 5.41) is -1.64. The van der Waals surface area contributed by atoms with Crippen molar-refractivity contribution in [2.24, 2.45) is 10.9 Å². The van der Waals surface area contributed by atoms with Crippen molar-refractivity contribution in [3.8, 4) is 0 Å². The van der Waals surface area contributed by atoms with Crippen molar-refractivity contribution in [1.29, 1.82) is 0 Å². The zero-order chi connectivity index (χ0) is 25.1. The van der Waals surface area contributed by atoms with Gasteiger partial charge in [0.05, 0.1) is 16.7 Å². The second kappa shape index (κ2) is 8.18. The highest BCUT2D eigenvalue weighted by Crippen LogP contribution is 2.67. The van der Waals surface area contributed by atoms with E-state index in [1.807, 2.05) is 0 Å². The standard InChI is InChI=1S/C22H26BrF3N2O4S/c1-19(2,3)31-17(29)28(18(30)32-20(4,5)6)16-27-21(7,14-15(33-16)22(14,25)26)12-10-11(23)8-9-13(12)24/h8-10,14-15H,1-7H3/t14-,15?,21-/m1/s1. The van der Waals surface area contributed by atoms with Crippen LogP contribution in [0.3, 0.4) is 0 Å². The van der Waals surface area contributed by atoms with E-state index >= 15 is 0 Å². The zero-order valence-corrected chi connectivity index (χ0v) is 21.7. The Kier molecular flexibility index (Phi) is 6.41. The molecule has 1 unspecified atom stereocenters. The molecule has 1 fully saturated rings. The first-order valence-electron chi connectivity index (χ1n) is 10.2. The van der Waals surface area contributed by atoms with Crippen LogP contribution in [0.15, 0.2) is 27.7 Å². The third kappa shape index (κ3) is 5.18. The molecule has 0 saturated heterocycles. The molecular formula is C22H26BrF3N2O4S. The maximum absolute atomic E-state index is 14.8. The fourth-order valence-corrected chi connectivity index (χ4v) is 5.48. The minimum atomic E-state index is -3.19. The maximum Gasteiger partial charge on any atom is 0.426 e. The van der Waals surface area contributed by atoms with Gasteiger partial charge in [0.25, 0.3) is 5.92 Å². The number of halogens is 4. The van der Waals surface area contributed by atoms with Crippen molar-refractivity contribution in [1.82, 2.24) is 4.90 Å². The van der Waals surface area contributed by atoms with Crippen molar-refractivity contribution in [2.75, 3.05) is 0 Å². The van der Waals surface area contributed by atoms with Crippen molar-refractivity contribution in [2.45, 2.75) is 76.4 Å². The fraction of sp³-hybridized carbons (Fsp3) is 0.591. The first-order chi connectivity index (χ1) is 14.9. The van der Waals surface area contributed by atoms with Crippen molar-refractivity contribution < 1.29 is 32.2 Å². The largest absolute Gasteiger partial charge is 0.443 e. The predicted octanol–water partition coefficient (Wildman–Crippen LogP) is 6.71. The Morgan fingerprint density at radius 3 is 2.09 bits per heavy atom. The summed E-state index contributed by atoms with van der Waals surface area (Å²) in [4.78, 5) is 30.8. The van der Waals surface area contributed by atoms with Gasteiger partial charge in [-0.1, -0.05) is 27.7 Å². The predicted molar refractivity (Wildman–Crippen MR) is 123 cm³/mol. The SMILES string of the molecule is CC(C)(C)OC(=O)N(C(=O)OC(C)(C)C)C1=N[C@](C)(c2cc(Br)ccc2F)[C@H]2C(S1)C2(F)F. The number of alkyl halides is 2. The van der Waals surface area contributed by atoms with Crippen LogP contribution in [0.1, 0.15) is 54.0 Å². The lowest BCUT2D eigenvalue weighted by Crippen LogP contribution is -2.48. The van der Waals surface area contributed by atoms with Gasteiger partial charge in [-0.05, 0) is 66.7 Å². The highest BCUT2D eigenvalue weighted by Gasteiger charge is 2.78. The van der Waals surface area contributed by atoms with Gasteiger partial charge in [-0.3, -0.25) is 0 Å². The number of imide groups is 1. The van der Waals surface area contributed by atoms with E-state index in [2.05, 4.69) is 20.9 Å². The molecule has 3 atom stereocenters. The zero-order valence-electron chi connectivity index (χ0n) is 19.3. The number of carbonyl (C=O) groups excluding carboxylic acids is 2. The number of amides is 2. The Balaban J connectivity index is 2.14. The molecule has 0 spiro atoms. The second-order valence-electron chi connectivity index (χ2n) is 10.2. The van der Waals surface area contributed by atoms with Gasteiger partial charge in [0.15, 0.2) is 5.17 Å². The molecule has 0 N–H and O–H groups in total. The fourth-order valence-electron chi connectivity index (χ4n) is 3.58. The summed E-state index contributed by atoms with van der Waals surface area (Å²) in [5.41, 5.74) is -3.79. The highest BCUT2D eigenvalue weighted by molar-refractivity contribution is 9.10. The lowest BCUT2D eigenvalue weighted by Gasteiger charge is -2.34. The molecule has 11 heteroatoms. The Bertz CT molecular complexity index is 994. The molecule has 1 aliphatic carbocycles. The molecule has 1 heterocycles. The summed E-state index contributed by atoms with van der Waals surface area (Å²) >= 11 is 3.82. The van der Waals surface area contributed by atoms with Crippen LogP contribution in [-0.4, -0.2) is 44.6 Å². The van der Waals surface area contributed by atoms with Crippen LogP contribution in [0.2, 0.25) is 0 Å². The Hall–Kier alpha value is -1.75. The second-order valence-corrected chi connectivity index (χ2v) is 12.2. The molecule has 33 heavy (non-hydrogen) atoms.